The van der Waals surface area contributed by atoms with Crippen molar-refractivity contribution in [2.45, 2.75) is 57.8 Å². The highest BCUT2D eigenvalue weighted by atomic mass is 16.6. The highest BCUT2D eigenvalue weighted by Crippen LogP contribution is 2.34. The number of carbonyl (C=O) groups excluding carboxylic acids is 1. The first-order valence-electron chi connectivity index (χ1n) is 7.31. The largest absolute Gasteiger partial charge is 0.459 e. The van der Waals surface area contributed by atoms with Crippen molar-refractivity contribution in [3.8, 4) is 0 Å². The minimum atomic E-state index is -0.437. The monoisotopic (exact) mass is 285 g/mol. The number of morpholine rings is 1. The van der Waals surface area contributed by atoms with E-state index in [1.165, 1.54) is 0 Å². The molecule has 116 valence electrons. The molecule has 20 heavy (non-hydrogen) atoms. The molecule has 0 unspecified atom stereocenters. The Bertz CT molecular complexity index is 367. The van der Waals surface area contributed by atoms with E-state index in [9.17, 15) is 4.79 Å². The summed E-state index contributed by atoms with van der Waals surface area (Å²) in [5, 5.41) is 0. The number of esters is 1. The third-order valence-electron chi connectivity index (χ3n) is 3.45. The smallest absolute Gasteiger partial charge is 0.320 e. The van der Waals surface area contributed by atoms with Crippen molar-refractivity contribution in [2.24, 2.45) is 0 Å². The van der Waals surface area contributed by atoms with E-state index in [1.54, 1.807) is 0 Å². The predicted molar refractivity (Wildman–Crippen MR) is 75.6 cm³/mol. The normalized spacial score (nSPS) is 30.6. The summed E-state index contributed by atoms with van der Waals surface area (Å²) in [5.41, 5.74) is -0.967. The summed E-state index contributed by atoms with van der Waals surface area (Å²) in [4.78, 5) is 14.1. The first-order chi connectivity index (χ1) is 9.09. The molecule has 0 aromatic rings. The van der Waals surface area contributed by atoms with Crippen molar-refractivity contribution < 1.29 is 19.0 Å². The molecule has 2 aliphatic rings. The molecule has 1 atom stereocenters. The predicted octanol–water partition coefficient (Wildman–Crippen LogP) is 1.60. The van der Waals surface area contributed by atoms with E-state index >= 15 is 0 Å². The van der Waals surface area contributed by atoms with Crippen LogP contribution in [0.4, 0.5) is 0 Å². The average molecular weight is 285 g/mol. The van der Waals surface area contributed by atoms with Crippen LogP contribution in [-0.2, 0) is 19.0 Å². The molecule has 0 radical (unpaired) electrons. The van der Waals surface area contributed by atoms with Gasteiger partial charge in [-0.1, -0.05) is 0 Å². The maximum atomic E-state index is 12.0. The lowest BCUT2D eigenvalue weighted by Crippen LogP contribution is -2.61. The van der Waals surface area contributed by atoms with Gasteiger partial charge >= 0.3 is 5.97 Å². The van der Waals surface area contributed by atoms with Crippen LogP contribution in [0.2, 0.25) is 0 Å². The molecule has 0 aromatic carbocycles. The van der Waals surface area contributed by atoms with Gasteiger partial charge in [-0.3, -0.25) is 9.69 Å². The van der Waals surface area contributed by atoms with E-state index in [2.05, 4.69) is 18.7 Å². The summed E-state index contributed by atoms with van der Waals surface area (Å²) in [6.07, 6.45) is 0.890. The van der Waals surface area contributed by atoms with Gasteiger partial charge in [0.05, 0.1) is 18.8 Å². The van der Waals surface area contributed by atoms with Crippen LogP contribution < -0.4 is 0 Å². The van der Waals surface area contributed by atoms with Crippen molar-refractivity contribution in [3.05, 3.63) is 0 Å². The van der Waals surface area contributed by atoms with Crippen LogP contribution in [0, 0.1) is 0 Å². The Hall–Kier alpha value is -0.650. The van der Waals surface area contributed by atoms with Gasteiger partial charge in [0, 0.05) is 26.1 Å². The van der Waals surface area contributed by atoms with E-state index in [4.69, 9.17) is 14.2 Å². The molecule has 1 spiro atoms. The molecule has 0 aliphatic carbocycles. The number of carbonyl (C=O) groups is 1. The summed E-state index contributed by atoms with van der Waals surface area (Å²) in [7, 11) is 0. The molecule has 2 saturated heterocycles. The average Bonchev–Trinajstić information content (AvgIpc) is 2.58. The summed E-state index contributed by atoms with van der Waals surface area (Å²) < 4.78 is 17.1. The molecule has 2 heterocycles. The maximum absolute atomic E-state index is 12.0. The van der Waals surface area contributed by atoms with Gasteiger partial charge in [-0.2, -0.15) is 0 Å². The minimum Gasteiger partial charge on any atom is -0.459 e. The van der Waals surface area contributed by atoms with Crippen LogP contribution in [0.25, 0.3) is 0 Å². The molecule has 0 N–H and O–H groups in total. The van der Waals surface area contributed by atoms with E-state index < -0.39 is 5.60 Å². The SMILES string of the molecule is CC(C)(C)OC(=O)CN1CC(C)(C)O[C@@]2(CCOC2)C1. The lowest BCUT2D eigenvalue weighted by atomic mass is 9.95. The van der Waals surface area contributed by atoms with Crippen molar-refractivity contribution >= 4 is 5.97 Å². The first kappa shape index (κ1) is 15.7. The van der Waals surface area contributed by atoms with Gasteiger partial charge in [-0.25, -0.2) is 0 Å². The Morgan fingerprint density at radius 3 is 2.55 bits per heavy atom. The fourth-order valence-corrected chi connectivity index (χ4v) is 3.11. The fourth-order valence-electron chi connectivity index (χ4n) is 3.11. The van der Waals surface area contributed by atoms with Crippen molar-refractivity contribution in [1.29, 1.82) is 0 Å². The molecule has 0 aromatic heterocycles. The Labute approximate surface area is 121 Å². The molecule has 2 rings (SSSR count). The Kier molecular flexibility index (Phi) is 4.15. The molecule has 5 nitrogen and oxygen atoms in total. The third-order valence-corrected chi connectivity index (χ3v) is 3.45. The minimum absolute atomic E-state index is 0.177. The summed E-state index contributed by atoms with van der Waals surface area (Å²) >= 11 is 0. The second kappa shape index (κ2) is 5.28. The molecule has 2 aliphatic heterocycles. The number of hydrogen-bond acceptors (Lipinski definition) is 5. The number of ether oxygens (including phenoxy) is 3. The summed E-state index contributed by atoms with van der Waals surface area (Å²) in [5.74, 6) is -0.177. The van der Waals surface area contributed by atoms with Gasteiger partial charge in [-0.05, 0) is 34.6 Å². The second-order valence-corrected chi connectivity index (χ2v) is 7.58. The number of rotatable bonds is 2. The van der Waals surface area contributed by atoms with Crippen LogP contribution in [0.1, 0.15) is 41.0 Å². The fraction of sp³-hybridized carbons (Fsp3) is 0.933. The van der Waals surface area contributed by atoms with Crippen LogP contribution in [0.15, 0.2) is 0 Å². The Balaban J connectivity index is 1.99. The summed E-state index contributed by atoms with van der Waals surface area (Å²) in [6, 6.07) is 0. The van der Waals surface area contributed by atoms with Gasteiger partial charge in [0.2, 0.25) is 0 Å². The molecular formula is C15H27NO4. The van der Waals surface area contributed by atoms with Crippen molar-refractivity contribution in [1.82, 2.24) is 4.90 Å². The summed E-state index contributed by atoms with van der Waals surface area (Å²) in [6.45, 7) is 12.9. The van der Waals surface area contributed by atoms with Crippen LogP contribution in [-0.4, -0.2) is 60.5 Å². The number of nitrogens with zero attached hydrogens (tertiary/aromatic N) is 1. The van der Waals surface area contributed by atoms with Crippen LogP contribution >= 0.6 is 0 Å². The third kappa shape index (κ3) is 4.17. The maximum Gasteiger partial charge on any atom is 0.320 e. The van der Waals surface area contributed by atoms with E-state index in [1.807, 2.05) is 20.8 Å². The molecule has 0 saturated carbocycles. The van der Waals surface area contributed by atoms with E-state index in [0.29, 0.717) is 13.2 Å². The Morgan fingerprint density at radius 1 is 1.30 bits per heavy atom. The van der Waals surface area contributed by atoms with Crippen molar-refractivity contribution in [3.63, 3.8) is 0 Å². The zero-order valence-corrected chi connectivity index (χ0v) is 13.3. The van der Waals surface area contributed by atoms with Gasteiger partial charge in [0.15, 0.2) is 0 Å². The first-order valence-corrected chi connectivity index (χ1v) is 7.31. The Morgan fingerprint density at radius 2 is 2.00 bits per heavy atom. The molecular weight excluding hydrogens is 258 g/mol. The highest BCUT2D eigenvalue weighted by molar-refractivity contribution is 5.72. The van der Waals surface area contributed by atoms with Crippen LogP contribution in [0.3, 0.4) is 0 Å². The topological polar surface area (TPSA) is 48.0 Å². The van der Waals surface area contributed by atoms with Gasteiger partial charge in [-0.15, -0.1) is 0 Å². The van der Waals surface area contributed by atoms with E-state index in [0.717, 1.165) is 26.1 Å². The lowest BCUT2D eigenvalue weighted by Gasteiger charge is -2.47. The quantitative estimate of drug-likeness (QED) is 0.721. The molecule has 2 fully saturated rings. The lowest BCUT2D eigenvalue weighted by molar-refractivity contribution is -0.199. The highest BCUT2D eigenvalue weighted by Gasteiger charge is 2.47. The zero-order valence-electron chi connectivity index (χ0n) is 13.3. The molecule has 5 heteroatoms. The van der Waals surface area contributed by atoms with Gasteiger partial charge in [0.25, 0.3) is 0 Å². The standard InChI is InChI=1S/C15H27NO4/c1-13(2,3)19-12(17)8-16-9-14(4,5)20-15(10-16)6-7-18-11-15/h6-11H2,1-5H3/t15-/m0/s1. The zero-order chi connectivity index (χ0) is 15.0. The van der Waals surface area contributed by atoms with Gasteiger partial charge in [0.1, 0.15) is 11.2 Å². The van der Waals surface area contributed by atoms with Crippen LogP contribution in [0.5, 0.6) is 0 Å². The van der Waals surface area contributed by atoms with E-state index in [-0.39, 0.29) is 17.2 Å². The molecule has 0 bridgehead atoms. The van der Waals surface area contributed by atoms with Gasteiger partial charge < -0.3 is 14.2 Å². The number of hydrogen-bond donors (Lipinski definition) is 0. The van der Waals surface area contributed by atoms with Crippen molar-refractivity contribution in [2.75, 3.05) is 32.8 Å². The second-order valence-electron chi connectivity index (χ2n) is 7.58. The molecule has 0 amide bonds.